The van der Waals surface area contributed by atoms with Gasteiger partial charge in [-0.05, 0) is 80.6 Å². The van der Waals surface area contributed by atoms with Gasteiger partial charge in [-0.25, -0.2) is 9.59 Å². The van der Waals surface area contributed by atoms with Gasteiger partial charge in [0.25, 0.3) is 0 Å². The van der Waals surface area contributed by atoms with Crippen LogP contribution in [0, 0.1) is 19.8 Å². The number of fused-ring (bicyclic) bond motifs is 2. The molecular weight excluding hydrogens is 422 g/mol. The van der Waals surface area contributed by atoms with E-state index in [1.807, 2.05) is 26.0 Å². The number of hydrogen-bond acceptors (Lipinski definition) is 7. The maximum atomic E-state index is 11.7. The number of carbonyl (C=O) groups excluding carboxylic acids is 2. The lowest BCUT2D eigenvalue weighted by Gasteiger charge is -2.33. The van der Waals surface area contributed by atoms with Crippen LogP contribution in [0.5, 0.6) is 5.75 Å². The predicted molar refractivity (Wildman–Crippen MR) is 120 cm³/mol. The second kappa shape index (κ2) is 8.80. The minimum atomic E-state index is -0.599. The molecule has 7 heteroatoms. The molecule has 3 aliphatic rings. The van der Waals surface area contributed by atoms with E-state index in [1.165, 1.54) is 0 Å². The third-order valence-corrected chi connectivity index (χ3v) is 7.30. The number of aliphatic hydroxyl groups excluding tert-OH is 1. The molecule has 174 valence electrons. The zero-order valence-electron chi connectivity index (χ0n) is 19.1. The van der Waals surface area contributed by atoms with Gasteiger partial charge in [-0.3, -0.25) is 0 Å². The summed E-state index contributed by atoms with van der Waals surface area (Å²) >= 11 is 0. The summed E-state index contributed by atoms with van der Waals surface area (Å²) in [6, 6.07) is 7.27. The van der Waals surface area contributed by atoms with Crippen LogP contribution in [0.15, 0.2) is 24.3 Å². The number of piperidine rings is 1. The Labute approximate surface area is 193 Å². The zero-order valence-corrected chi connectivity index (χ0v) is 19.1. The fourth-order valence-corrected chi connectivity index (χ4v) is 5.10. The summed E-state index contributed by atoms with van der Waals surface area (Å²) in [6.07, 6.45) is 1.41. The molecule has 2 aromatic carbocycles. The van der Waals surface area contributed by atoms with Crippen LogP contribution >= 0.6 is 0 Å². The number of hydrogen-bond donors (Lipinski definition) is 1. The van der Waals surface area contributed by atoms with E-state index in [2.05, 4.69) is 4.90 Å². The Morgan fingerprint density at radius 1 is 0.970 bits per heavy atom. The Morgan fingerprint density at radius 2 is 1.58 bits per heavy atom. The third-order valence-electron chi connectivity index (χ3n) is 7.30. The number of benzene rings is 2. The van der Waals surface area contributed by atoms with E-state index in [4.69, 9.17) is 14.2 Å². The van der Waals surface area contributed by atoms with E-state index < -0.39 is 6.10 Å². The quantitative estimate of drug-likeness (QED) is 0.673. The minimum absolute atomic E-state index is 0.258. The summed E-state index contributed by atoms with van der Waals surface area (Å²) in [6.45, 7) is 7.56. The lowest BCUT2D eigenvalue weighted by atomic mass is 9.94. The van der Waals surface area contributed by atoms with E-state index in [9.17, 15) is 14.7 Å². The van der Waals surface area contributed by atoms with E-state index in [0.717, 1.165) is 59.5 Å². The van der Waals surface area contributed by atoms with Crippen molar-refractivity contribution in [2.24, 2.45) is 5.92 Å². The summed E-state index contributed by atoms with van der Waals surface area (Å²) < 4.78 is 16.4. The van der Waals surface area contributed by atoms with E-state index in [-0.39, 0.29) is 11.9 Å². The Hall–Kier alpha value is -2.90. The van der Waals surface area contributed by atoms with Gasteiger partial charge in [0.1, 0.15) is 19.0 Å². The molecule has 5 rings (SSSR count). The van der Waals surface area contributed by atoms with Gasteiger partial charge in [-0.15, -0.1) is 0 Å². The van der Waals surface area contributed by atoms with Crippen molar-refractivity contribution < 1.29 is 28.9 Å². The van der Waals surface area contributed by atoms with Gasteiger partial charge in [0.2, 0.25) is 0 Å². The molecule has 3 heterocycles. The largest absolute Gasteiger partial charge is 0.493 e. The summed E-state index contributed by atoms with van der Waals surface area (Å²) in [7, 11) is 0. The number of β-amino-alcohol motifs (C(OH)–C–C–N with tert-alkyl or cyclic N) is 1. The first-order chi connectivity index (χ1) is 15.9. The van der Waals surface area contributed by atoms with Gasteiger partial charge in [0, 0.05) is 17.7 Å². The number of cyclic esters (lactones) is 2. The maximum absolute atomic E-state index is 11.7. The Morgan fingerprint density at radius 3 is 2.24 bits per heavy atom. The first kappa shape index (κ1) is 21.9. The van der Waals surface area contributed by atoms with E-state index >= 15 is 0 Å². The van der Waals surface area contributed by atoms with Gasteiger partial charge in [-0.2, -0.15) is 0 Å². The van der Waals surface area contributed by atoms with Crippen LogP contribution in [0.4, 0.5) is 0 Å². The van der Waals surface area contributed by atoms with Crippen molar-refractivity contribution in [2.45, 2.75) is 46.0 Å². The van der Waals surface area contributed by atoms with Crippen LogP contribution in [0.2, 0.25) is 0 Å². The smallest absolute Gasteiger partial charge is 0.338 e. The molecule has 0 aromatic heterocycles. The number of aliphatic hydroxyl groups is 1. The molecule has 0 aliphatic carbocycles. The first-order valence-electron chi connectivity index (χ1n) is 11.5. The number of carbonyl (C=O) groups is 2. The Bertz CT molecular complexity index is 1100. The normalized spacial score (nSPS) is 19.1. The van der Waals surface area contributed by atoms with Gasteiger partial charge >= 0.3 is 11.9 Å². The van der Waals surface area contributed by atoms with Crippen molar-refractivity contribution in [1.29, 1.82) is 0 Å². The van der Waals surface area contributed by atoms with Crippen molar-refractivity contribution in [3.05, 3.63) is 63.2 Å². The number of esters is 2. The van der Waals surface area contributed by atoms with Crippen LogP contribution in [-0.4, -0.2) is 48.2 Å². The minimum Gasteiger partial charge on any atom is -0.493 e. The molecule has 1 atom stereocenters. The molecule has 2 aromatic rings. The fraction of sp³-hybridized carbons (Fsp3) is 0.462. The van der Waals surface area contributed by atoms with E-state index in [1.54, 1.807) is 12.1 Å². The number of rotatable bonds is 6. The van der Waals surface area contributed by atoms with Crippen molar-refractivity contribution in [1.82, 2.24) is 4.90 Å². The molecule has 1 N–H and O–H groups in total. The molecule has 3 aliphatic heterocycles. The zero-order chi connectivity index (χ0) is 23.1. The molecule has 0 saturated carbocycles. The van der Waals surface area contributed by atoms with Crippen molar-refractivity contribution >= 4 is 11.9 Å². The molecular formula is C26H29NO6. The molecule has 0 unspecified atom stereocenters. The molecule has 33 heavy (non-hydrogen) atoms. The summed E-state index contributed by atoms with van der Waals surface area (Å²) in [4.78, 5) is 25.7. The monoisotopic (exact) mass is 451 g/mol. The standard InChI is InChI=1S/C26H29NO6/c1-15-18(3-4-19-21(15)13-32-25(19)29)23(28)11-27-9-7-17(8-10-27)12-31-24-6-5-20-22(16(24)2)14-33-26(20)30/h3-6,17,23,28H,7-14H2,1-2H3/t23-/m1/s1. The first-order valence-corrected chi connectivity index (χ1v) is 11.5. The lowest BCUT2D eigenvalue weighted by molar-refractivity contribution is 0.0525. The number of likely N-dealkylation sites (tertiary alicyclic amines) is 1. The average molecular weight is 452 g/mol. The third kappa shape index (κ3) is 4.11. The number of nitrogens with zero attached hydrogens (tertiary/aromatic N) is 1. The Kier molecular flexibility index (Phi) is 5.85. The average Bonchev–Trinajstić information content (AvgIpc) is 3.38. The molecule has 0 bridgehead atoms. The highest BCUT2D eigenvalue weighted by atomic mass is 16.5. The highest BCUT2D eigenvalue weighted by Crippen LogP contribution is 2.32. The van der Waals surface area contributed by atoms with Crippen LogP contribution in [0.25, 0.3) is 0 Å². The number of ether oxygens (including phenoxy) is 3. The van der Waals surface area contributed by atoms with Crippen LogP contribution in [-0.2, 0) is 22.7 Å². The second-order valence-corrected chi connectivity index (χ2v) is 9.24. The summed E-state index contributed by atoms with van der Waals surface area (Å²) in [5.74, 6) is 0.731. The maximum Gasteiger partial charge on any atom is 0.338 e. The summed E-state index contributed by atoms with van der Waals surface area (Å²) in [5.41, 5.74) is 5.88. The van der Waals surface area contributed by atoms with Crippen molar-refractivity contribution in [3.8, 4) is 5.75 Å². The summed E-state index contributed by atoms with van der Waals surface area (Å²) in [5, 5.41) is 10.9. The highest BCUT2D eigenvalue weighted by molar-refractivity contribution is 5.94. The highest BCUT2D eigenvalue weighted by Gasteiger charge is 2.28. The molecule has 7 nitrogen and oxygen atoms in total. The SMILES string of the molecule is Cc1c(OCC2CCN(C[C@@H](O)c3ccc4c(c3C)COC4=O)CC2)ccc2c1COC2=O. The molecule has 1 fully saturated rings. The van der Waals surface area contributed by atoms with Crippen molar-refractivity contribution in [2.75, 3.05) is 26.2 Å². The molecule has 0 radical (unpaired) electrons. The van der Waals surface area contributed by atoms with Crippen LogP contribution in [0.3, 0.4) is 0 Å². The molecule has 1 saturated heterocycles. The van der Waals surface area contributed by atoms with Gasteiger partial charge in [-0.1, -0.05) is 6.07 Å². The lowest BCUT2D eigenvalue weighted by Crippen LogP contribution is -2.38. The second-order valence-electron chi connectivity index (χ2n) is 9.24. The van der Waals surface area contributed by atoms with E-state index in [0.29, 0.717) is 43.4 Å². The fourth-order valence-electron chi connectivity index (χ4n) is 5.10. The predicted octanol–water partition coefficient (Wildman–Crippen LogP) is 3.47. The van der Waals surface area contributed by atoms with Crippen molar-refractivity contribution in [3.63, 3.8) is 0 Å². The molecule has 0 spiro atoms. The Balaban J connectivity index is 1.13. The van der Waals surface area contributed by atoms with Crippen LogP contribution < -0.4 is 4.74 Å². The van der Waals surface area contributed by atoms with Crippen LogP contribution in [0.1, 0.15) is 67.5 Å². The molecule has 0 amide bonds. The van der Waals surface area contributed by atoms with Gasteiger partial charge in [0.15, 0.2) is 0 Å². The topological polar surface area (TPSA) is 85.3 Å². The van der Waals surface area contributed by atoms with Gasteiger partial charge in [0.05, 0.1) is 23.8 Å². The van der Waals surface area contributed by atoms with Gasteiger partial charge < -0.3 is 24.2 Å².